The van der Waals surface area contributed by atoms with Gasteiger partial charge in [0, 0.05) is 0 Å². The zero-order valence-electron chi connectivity index (χ0n) is 7.58. The van der Waals surface area contributed by atoms with E-state index in [-0.39, 0.29) is 18.5 Å². The highest BCUT2D eigenvalue weighted by Gasteiger charge is 2.25. The maximum atomic E-state index is 13.0. The molecule has 0 aliphatic carbocycles. The molecule has 1 aromatic rings. The Balaban J connectivity index is 3.14. The predicted molar refractivity (Wildman–Crippen MR) is 48.9 cm³/mol. The number of rotatable bonds is 3. The molecule has 1 rings (SSSR count). The summed E-state index contributed by atoms with van der Waals surface area (Å²) in [6.07, 6.45) is 4.83. The fourth-order valence-corrected chi connectivity index (χ4v) is 1.48. The summed E-state index contributed by atoms with van der Waals surface area (Å²) in [5.74, 6) is -7.84. The number of benzene rings is 1. The van der Waals surface area contributed by atoms with E-state index < -0.39 is 34.0 Å². The molecule has 0 unspecified atom stereocenters. The van der Waals surface area contributed by atoms with Crippen LogP contribution in [-0.2, 0) is 0 Å². The van der Waals surface area contributed by atoms with Crippen LogP contribution in [-0.4, -0.2) is 6.54 Å². The lowest BCUT2D eigenvalue weighted by Gasteiger charge is -2.06. The second-order valence-corrected chi connectivity index (χ2v) is 3.43. The molecule has 1 aromatic carbocycles. The molecule has 86 valence electrons. The Morgan fingerprint density at radius 3 is 1.81 bits per heavy atom. The molecular formula is C9H4F5NS. The molecular weight excluding hydrogens is 249 g/mol. The van der Waals surface area contributed by atoms with E-state index in [9.17, 15) is 22.0 Å². The van der Waals surface area contributed by atoms with E-state index in [4.69, 9.17) is 6.42 Å². The molecule has 0 radical (unpaired) electrons. The molecule has 0 heterocycles. The topological polar surface area (TPSA) is 12.0 Å². The molecule has 1 N–H and O–H groups in total. The van der Waals surface area contributed by atoms with Gasteiger partial charge in [-0.05, 0) is 11.9 Å². The number of nitrogens with one attached hydrogen (secondary N) is 1. The van der Waals surface area contributed by atoms with Crippen molar-refractivity contribution < 1.29 is 22.0 Å². The Kier molecular flexibility index (Phi) is 4.15. The summed E-state index contributed by atoms with van der Waals surface area (Å²) >= 11 is 0.246. The van der Waals surface area contributed by atoms with Crippen molar-refractivity contribution in [2.75, 3.05) is 6.54 Å². The van der Waals surface area contributed by atoms with Crippen molar-refractivity contribution in [3.05, 3.63) is 29.1 Å². The van der Waals surface area contributed by atoms with Crippen molar-refractivity contribution in [3.63, 3.8) is 0 Å². The molecule has 0 amide bonds. The van der Waals surface area contributed by atoms with Crippen molar-refractivity contribution in [1.29, 1.82) is 0 Å². The normalized spacial score (nSPS) is 10.2. The van der Waals surface area contributed by atoms with Crippen LogP contribution in [0, 0.1) is 41.4 Å². The minimum atomic E-state index is -2.18. The van der Waals surface area contributed by atoms with Gasteiger partial charge in [-0.2, -0.15) is 0 Å². The van der Waals surface area contributed by atoms with Gasteiger partial charge in [-0.15, -0.1) is 6.42 Å². The molecule has 16 heavy (non-hydrogen) atoms. The van der Waals surface area contributed by atoms with E-state index in [1.165, 1.54) is 0 Å². The van der Waals surface area contributed by atoms with E-state index in [1.807, 2.05) is 0 Å². The smallest absolute Gasteiger partial charge is 0.200 e. The highest BCUT2D eigenvalue weighted by Crippen LogP contribution is 2.28. The van der Waals surface area contributed by atoms with E-state index in [1.54, 1.807) is 0 Å². The maximum absolute atomic E-state index is 13.0. The Hall–Kier alpha value is -1.26. The van der Waals surface area contributed by atoms with Gasteiger partial charge in [0.05, 0.1) is 6.54 Å². The standard InChI is InChI=1S/C9H4F5NS/c1-2-3-15-16-9-7(13)5(11)4(10)6(12)8(9)14/h1,15H,3H2. The second kappa shape index (κ2) is 5.18. The van der Waals surface area contributed by atoms with Crippen LogP contribution in [0.1, 0.15) is 0 Å². The Morgan fingerprint density at radius 2 is 1.38 bits per heavy atom. The van der Waals surface area contributed by atoms with Crippen LogP contribution in [0.3, 0.4) is 0 Å². The molecule has 0 fully saturated rings. The van der Waals surface area contributed by atoms with Crippen molar-refractivity contribution >= 4 is 11.9 Å². The second-order valence-electron chi connectivity index (χ2n) is 2.53. The Labute approximate surface area is 92.2 Å². The highest BCUT2D eigenvalue weighted by atomic mass is 32.2. The van der Waals surface area contributed by atoms with E-state index in [2.05, 4.69) is 10.6 Å². The van der Waals surface area contributed by atoms with Crippen molar-refractivity contribution in [2.24, 2.45) is 0 Å². The van der Waals surface area contributed by atoms with Crippen LogP contribution in [0.4, 0.5) is 22.0 Å². The average Bonchev–Trinajstić information content (AvgIpc) is 2.28. The highest BCUT2D eigenvalue weighted by molar-refractivity contribution is 7.97. The molecule has 0 saturated heterocycles. The van der Waals surface area contributed by atoms with Crippen LogP contribution in [0.5, 0.6) is 0 Å². The number of terminal acetylenes is 1. The lowest BCUT2D eigenvalue weighted by molar-refractivity contribution is 0.360. The SMILES string of the molecule is C#CCNSc1c(F)c(F)c(F)c(F)c1F. The first kappa shape index (κ1) is 12.8. The summed E-state index contributed by atoms with van der Waals surface area (Å²) < 4.78 is 66.2. The van der Waals surface area contributed by atoms with Gasteiger partial charge in [0.2, 0.25) is 5.82 Å². The van der Waals surface area contributed by atoms with Crippen LogP contribution < -0.4 is 4.72 Å². The van der Waals surface area contributed by atoms with Gasteiger partial charge >= 0.3 is 0 Å². The zero-order valence-corrected chi connectivity index (χ0v) is 8.40. The van der Waals surface area contributed by atoms with Crippen LogP contribution in [0.15, 0.2) is 4.90 Å². The maximum Gasteiger partial charge on any atom is 0.200 e. The lowest BCUT2D eigenvalue weighted by Crippen LogP contribution is -2.08. The van der Waals surface area contributed by atoms with Crippen molar-refractivity contribution in [3.8, 4) is 12.3 Å². The Bertz CT molecular complexity index is 425. The summed E-state index contributed by atoms with van der Waals surface area (Å²) in [6.45, 7) is -0.0792. The minimum absolute atomic E-state index is 0.0792. The molecule has 0 aliphatic rings. The molecule has 0 saturated carbocycles. The summed E-state index contributed by atoms with van der Waals surface area (Å²) in [5, 5.41) is 0. The van der Waals surface area contributed by atoms with Crippen LogP contribution >= 0.6 is 11.9 Å². The monoisotopic (exact) mass is 253 g/mol. The van der Waals surface area contributed by atoms with E-state index in [0.717, 1.165) is 0 Å². The predicted octanol–water partition coefficient (Wildman–Crippen LogP) is 2.61. The number of hydrogen-bond donors (Lipinski definition) is 1. The van der Waals surface area contributed by atoms with Gasteiger partial charge in [-0.3, -0.25) is 0 Å². The fourth-order valence-electron chi connectivity index (χ4n) is 0.824. The van der Waals surface area contributed by atoms with Crippen LogP contribution in [0.25, 0.3) is 0 Å². The summed E-state index contributed by atoms with van der Waals surface area (Å²) in [4.78, 5) is -1.01. The first-order valence-corrected chi connectivity index (χ1v) is 4.67. The van der Waals surface area contributed by atoms with Gasteiger partial charge in [0.1, 0.15) is 4.90 Å². The first-order chi connectivity index (χ1) is 7.50. The van der Waals surface area contributed by atoms with Crippen LogP contribution in [0.2, 0.25) is 0 Å². The molecule has 7 heteroatoms. The van der Waals surface area contributed by atoms with Gasteiger partial charge in [0.25, 0.3) is 0 Å². The van der Waals surface area contributed by atoms with Gasteiger partial charge in [-0.1, -0.05) is 5.92 Å². The number of halogens is 5. The van der Waals surface area contributed by atoms with Gasteiger partial charge in [-0.25, -0.2) is 26.7 Å². The third kappa shape index (κ3) is 2.28. The summed E-state index contributed by atoms with van der Waals surface area (Å²) in [5.41, 5.74) is 0. The quantitative estimate of drug-likeness (QED) is 0.222. The summed E-state index contributed by atoms with van der Waals surface area (Å²) in [6, 6.07) is 0. The van der Waals surface area contributed by atoms with Crippen molar-refractivity contribution in [2.45, 2.75) is 4.90 Å². The molecule has 0 atom stereocenters. The minimum Gasteiger partial charge on any atom is -0.248 e. The lowest BCUT2D eigenvalue weighted by atomic mass is 10.3. The molecule has 0 bridgehead atoms. The Morgan fingerprint density at radius 1 is 0.938 bits per heavy atom. The third-order valence-corrected chi connectivity index (χ3v) is 2.37. The third-order valence-electron chi connectivity index (χ3n) is 1.52. The van der Waals surface area contributed by atoms with E-state index >= 15 is 0 Å². The van der Waals surface area contributed by atoms with E-state index in [0.29, 0.717) is 0 Å². The van der Waals surface area contributed by atoms with Gasteiger partial charge in [0.15, 0.2) is 23.3 Å². The largest absolute Gasteiger partial charge is 0.248 e. The first-order valence-electron chi connectivity index (χ1n) is 3.85. The molecule has 0 aliphatic heterocycles. The molecule has 0 aromatic heterocycles. The average molecular weight is 253 g/mol. The van der Waals surface area contributed by atoms with Crippen molar-refractivity contribution in [1.82, 2.24) is 4.72 Å². The molecule has 1 nitrogen and oxygen atoms in total. The summed E-state index contributed by atoms with van der Waals surface area (Å²) in [7, 11) is 0. The zero-order chi connectivity index (χ0) is 12.3. The van der Waals surface area contributed by atoms with Gasteiger partial charge < -0.3 is 0 Å². The molecule has 0 spiro atoms. The number of hydrogen-bond acceptors (Lipinski definition) is 2. The fraction of sp³-hybridized carbons (Fsp3) is 0.111.